The zero-order chi connectivity index (χ0) is 21.0. The van der Waals surface area contributed by atoms with Gasteiger partial charge in [-0.1, -0.05) is 35.9 Å². The van der Waals surface area contributed by atoms with Crippen LogP contribution in [0.15, 0.2) is 54.6 Å². The quantitative estimate of drug-likeness (QED) is 0.578. The van der Waals surface area contributed by atoms with E-state index in [1.807, 2.05) is 0 Å². The van der Waals surface area contributed by atoms with Gasteiger partial charge in [0, 0.05) is 37.6 Å². The Morgan fingerprint density at radius 3 is 2.32 bits per heavy atom. The summed E-state index contributed by atoms with van der Waals surface area (Å²) in [6.45, 7) is 7.90. The SMILES string of the molecule is Cc1ccc(N2CCN(CCCc3nn(-c4ccccc4)c4c3CCCC4)CC2)cc1. The second kappa shape index (κ2) is 9.27. The number of hydrogen-bond donors (Lipinski definition) is 0. The van der Waals surface area contributed by atoms with Crippen molar-refractivity contribution in [2.24, 2.45) is 0 Å². The summed E-state index contributed by atoms with van der Waals surface area (Å²) in [4.78, 5) is 5.15. The van der Waals surface area contributed by atoms with E-state index >= 15 is 0 Å². The van der Waals surface area contributed by atoms with Crippen molar-refractivity contribution in [1.82, 2.24) is 14.7 Å². The summed E-state index contributed by atoms with van der Waals surface area (Å²) in [6, 6.07) is 19.6. The largest absolute Gasteiger partial charge is 0.369 e. The van der Waals surface area contributed by atoms with Crippen molar-refractivity contribution in [3.8, 4) is 5.69 Å². The molecule has 1 aliphatic heterocycles. The zero-order valence-corrected chi connectivity index (χ0v) is 18.8. The Morgan fingerprint density at radius 1 is 0.806 bits per heavy atom. The second-order valence-electron chi connectivity index (χ2n) is 9.09. The molecule has 0 spiro atoms. The van der Waals surface area contributed by atoms with Crippen LogP contribution >= 0.6 is 0 Å². The highest BCUT2D eigenvalue weighted by Crippen LogP contribution is 2.27. The van der Waals surface area contributed by atoms with E-state index < -0.39 is 0 Å². The molecule has 31 heavy (non-hydrogen) atoms. The van der Waals surface area contributed by atoms with Crippen molar-refractivity contribution >= 4 is 5.69 Å². The molecule has 3 aromatic rings. The average Bonchev–Trinajstić information content (AvgIpc) is 3.19. The van der Waals surface area contributed by atoms with Crippen LogP contribution in [-0.4, -0.2) is 47.4 Å². The molecule has 0 N–H and O–H groups in total. The third kappa shape index (κ3) is 4.54. The molecule has 2 aromatic carbocycles. The predicted molar refractivity (Wildman–Crippen MR) is 128 cm³/mol. The number of anilines is 1. The van der Waals surface area contributed by atoms with Crippen molar-refractivity contribution in [2.45, 2.75) is 45.4 Å². The highest BCUT2D eigenvalue weighted by molar-refractivity contribution is 5.48. The van der Waals surface area contributed by atoms with Crippen molar-refractivity contribution in [3.63, 3.8) is 0 Å². The molecule has 2 aliphatic rings. The van der Waals surface area contributed by atoms with Gasteiger partial charge in [-0.05, 0) is 81.8 Å². The fraction of sp³-hybridized carbons (Fsp3) is 0.444. The van der Waals surface area contributed by atoms with Crippen molar-refractivity contribution < 1.29 is 0 Å². The van der Waals surface area contributed by atoms with Gasteiger partial charge in [0.2, 0.25) is 0 Å². The van der Waals surface area contributed by atoms with E-state index in [4.69, 9.17) is 5.10 Å². The third-order valence-corrected chi connectivity index (χ3v) is 6.92. The summed E-state index contributed by atoms with van der Waals surface area (Å²) in [7, 11) is 0. The topological polar surface area (TPSA) is 24.3 Å². The Bertz CT molecular complexity index is 982. The fourth-order valence-electron chi connectivity index (χ4n) is 5.11. The lowest BCUT2D eigenvalue weighted by molar-refractivity contribution is 0.255. The first kappa shape index (κ1) is 20.3. The first-order valence-electron chi connectivity index (χ1n) is 12.0. The fourth-order valence-corrected chi connectivity index (χ4v) is 5.11. The molecule has 0 saturated carbocycles. The van der Waals surface area contributed by atoms with Gasteiger partial charge in [0.1, 0.15) is 0 Å². The van der Waals surface area contributed by atoms with Gasteiger partial charge in [0.25, 0.3) is 0 Å². The average molecular weight is 415 g/mol. The van der Waals surface area contributed by atoms with Gasteiger partial charge in [-0.3, -0.25) is 4.90 Å². The van der Waals surface area contributed by atoms with Gasteiger partial charge in [0.05, 0.1) is 11.4 Å². The first-order chi connectivity index (χ1) is 15.3. The van der Waals surface area contributed by atoms with Gasteiger partial charge in [-0.2, -0.15) is 5.10 Å². The van der Waals surface area contributed by atoms with Crippen LogP contribution in [0.3, 0.4) is 0 Å². The first-order valence-corrected chi connectivity index (χ1v) is 12.0. The molecule has 0 radical (unpaired) electrons. The number of rotatable bonds is 6. The summed E-state index contributed by atoms with van der Waals surface area (Å²) < 4.78 is 2.23. The minimum absolute atomic E-state index is 1.10. The van der Waals surface area contributed by atoms with Crippen LogP contribution in [0.1, 0.15) is 41.8 Å². The van der Waals surface area contributed by atoms with E-state index in [9.17, 15) is 0 Å². The number of fused-ring (bicyclic) bond motifs is 1. The van der Waals surface area contributed by atoms with E-state index in [0.29, 0.717) is 0 Å². The maximum absolute atomic E-state index is 5.09. The normalized spacial score (nSPS) is 17.0. The minimum atomic E-state index is 1.10. The third-order valence-electron chi connectivity index (χ3n) is 6.92. The molecule has 5 rings (SSSR count). The number of benzene rings is 2. The molecule has 1 saturated heterocycles. The Kier molecular flexibility index (Phi) is 6.08. The second-order valence-corrected chi connectivity index (χ2v) is 9.09. The van der Waals surface area contributed by atoms with E-state index in [1.54, 1.807) is 5.56 Å². The van der Waals surface area contributed by atoms with Crippen molar-refractivity contribution in [3.05, 3.63) is 77.1 Å². The number of aromatic nitrogens is 2. The molecule has 162 valence electrons. The molecular weight excluding hydrogens is 380 g/mol. The summed E-state index contributed by atoms with van der Waals surface area (Å²) >= 11 is 0. The standard InChI is InChI=1S/C27H34N4/c1-22-13-15-23(16-14-22)30-20-18-29(19-21-30)17-7-11-26-25-10-5-6-12-27(25)31(28-26)24-8-3-2-4-9-24/h2-4,8-9,13-16H,5-7,10-12,17-21H2,1H3. The van der Waals surface area contributed by atoms with Gasteiger partial charge < -0.3 is 4.90 Å². The maximum Gasteiger partial charge on any atom is 0.0664 e. The molecule has 0 bridgehead atoms. The number of piperazine rings is 1. The lowest BCUT2D eigenvalue weighted by Crippen LogP contribution is -2.46. The number of para-hydroxylation sites is 1. The minimum Gasteiger partial charge on any atom is -0.369 e. The molecule has 2 heterocycles. The molecule has 0 atom stereocenters. The van der Waals surface area contributed by atoms with Crippen LogP contribution in [-0.2, 0) is 19.3 Å². The molecule has 1 fully saturated rings. The highest BCUT2D eigenvalue weighted by Gasteiger charge is 2.22. The lowest BCUT2D eigenvalue weighted by Gasteiger charge is -2.36. The Morgan fingerprint density at radius 2 is 1.55 bits per heavy atom. The Hall–Kier alpha value is -2.59. The highest BCUT2D eigenvalue weighted by atomic mass is 15.3. The smallest absolute Gasteiger partial charge is 0.0664 e. The van der Waals surface area contributed by atoms with Crippen molar-refractivity contribution in [1.29, 1.82) is 0 Å². The van der Waals surface area contributed by atoms with Crippen molar-refractivity contribution in [2.75, 3.05) is 37.6 Å². The van der Waals surface area contributed by atoms with Gasteiger partial charge >= 0.3 is 0 Å². The molecular formula is C27H34N4. The molecule has 1 aromatic heterocycles. The van der Waals surface area contributed by atoms with Gasteiger partial charge in [-0.15, -0.1) is 0 Å². The van der Waals surface area contributed by atoms with Gasteiger partial charge in [0.15, 0.2) is 0 Å². The lowest BCUT2D eigenvalue weighted by atomic mass is 9.94. The van der Waals surface area contributed by atoms with E-state index in [1.165, 1.54) is 60.6 Å². The Balaban J connectivity index is 1.18. The summed E-state index contributed by atoms with van der Waals surface area (Å²) in [5.74, 6) is 0. The van der Waals surface area contributed by atoms with Crippen LogP contribution in [0.25, 0.3) is 5.69 Å². The molecule has 0 unspecified atom stereocenters. The molecule has 4 heteroatoms. The molecule has 1 aliphatic carbocycles. The van der Waals surface area contributed by atoms with Gasteiger partial charge in [-0.25, -0.2) is 4.68 Å². The molecule has 4 nitrogen and oxygen atoms in total. The summed E-state index contributed by atoms with van der Waals surface area (Å²) in [5.41, 5.74) is 8.25. The van der Waals surface area contributed by atoms with Crippen LogP contribution in [0, 0.1) is 6.92 Å². The van der Waals surface area contributed by atoms with Crippen LogP contribution in [0.5, 0.6) is 0 Å². The van der Waals surface area contributed by atoms with E-state index in [0.717, 1.165) is 39.0 Å². The van der Waals surface area contributed by atoms with Crippen LogP contribution < -0.4 is 4.90 Å². The summed E-state index contributed by atoms with van der Waals surface area (Å²) in [6.07, 6.45) is 7.26. The number of nitrogens with zero attached hydrogens (tertiary/aromatic N) is 4. The van der Waals surface area contributed by atoms with Crippen LogP contribution in [0.2, 0.25) is 0 Å². The predicted octanol–water partition coefficient (Wildman–Crippen LogP) is 4.81. The zero-order valence-electron chi connectivity index (χ0n) is 18.8. The van der Waals surface area contributed by atoms with Crippen LogP contribution in [0.4, 0.5) is 5.69 Å². The monoisotopic (exact) mass is 414 g/mol. The summed E-state index contributed by atoms with van der Waals surface area (Å²) in [5, 5.41) is 5.09. The Labute approximate surface area is 186 Å². The number of hydrogen-bond acceptors (Lipinski definition) is 3. The number of aryl methyl sites for hydroxylation is 2. The van der Waals surface area contributed by atoms with E-state index in [2.05, 4.69) is 76.0 Å². The van der Waals surface area contributed by atoms with E-state index in [-0.39, 0.29) is 0 Å². The molecule has 0 amide bonds. The maximum atomic E-state index is 5.09.